The topological polar surface area (TPSA) is 17.1 Å². The van der Waals surface area contributed by atoms with Gasteiger partial charge in [-0.1, -0.05) is 146 Å². The Bertz CT molecular complexity index is 2700. The molecule has 0 saturated carbocycles. The minimum absolute atomic E-state index is 0.403. The highest BCUT2D eigenvalue weighted by atomic mass is 31.2. The van der Waals surface area contributed by atoms with Gasteiger partial charge in [0, 0.05) is 5.30 Å². The van der Waals surface area contributed by atoms with Crippen molar-refractivity contribution in [2.75, 3.05) is 13.3 Å². The monoisotopic (exact) mass is 644 g/mol. The summed E-state index contributed by atoms with van der Waals surface area (Å²) in [6, 6.07) is 60.4. The lowest BCUT2D eigenvalue weighted by Gasteiger charge is -2.31. The van der Waals surface area contributed by atoms with E-state index < -0.39 is 12.6 Å². The molecule has 1 nitrogen and oxygen atoms in total. The van der Waals surface area contributed by atoms with Crippen LogP contribution in [-0.4, -0.2) is 13.3 Å². The first-order valence-corrected chi connectivity index (χ1v) is 19.6. The fourth-order valence-corrected chi connectivity index (χ4v) is 9.55. The third-order valence-electron chi connectivity index (χ3n) is 11.0. The molecule has 0 heterocycles. The van der Waals surface area contributed by atoms with Crippen molar-refractivity contribution in [1.82, 2.24) is 0 Å². The highest BCUT2D eigenvalue weighted by Crippen LogP contribution is 2.64. The summed E-state index contributed by atoms with van der Waals surface area (Å²) in [6.45, 7) is 3.64. The standard InChI is InChI=1S/C47H33OP/c1-49(2,48)37-23-19-31(20-24-37)30-15-17-32(18-16-30)36-22-25-43-40(28-36)41-27-34-10-3-4-11-35(34)29-45(41)47(43)42-14-8-7-13-39(42)46-38-12-6-5-9-33(38)21-26-44(46)47/h3-29H,1-2H3. The maximum atomic E-state index is 12.5. The summed E-state index contributed by atoms with van der Waals surface area (Å²) in [7, 11) is -2.28. The molecular weight excluding hydrogens is 611 g/mol. The summed E-state index contributed by atoms with van der Waals surface area (Å²) in [5.74, 6) is 0. The minimum atomic E-state index is -2.28. The first-order valence-electron chi connectivity index (χ1n) is 17.0. The lowest BCUT2D eigenvalue weighted by atomic mass is 9.70. The lowest BCUT2D eigenvalue weighted by molar-refractivity contribution is 0.588. The molecule has 0 amide bonds. The predicted molar refractivity (Wildman–Crippen MR) is 208 cm³/mol. The fraction of sp³-hybridized carbons (Fsp3) is 0.0638. The first-order chi connectivity index (χ1) is 23.9. The van der Waals surface area contributed by atoms with Crippen molar-refractivity contribution in [3.8, 4) is 44.5 Å². The first kappa shape index (κ1) is 28.5. The molecule has 0 bridgehead atoms. The molecule has 0 saturated heterocycles. The van der Waals surface area contributed by atoms with Crippen LogP contribution in [0.25, 0.3) is 66.1 Å². The Morgan fingerprint density at radius 1 is 0.408 bits per heavy atom. The summed E-state index contributed by atoms with van der Waals surface area (Å²) in [6.07, 6.45) is 0. The normalized spacial score (nSPS) is 15.7. The molecule has 0 N–H and O–H groups in total. The highest BCUT2D eigenvalue weighted by Gasteiger charge is 2.52. The Morgan fingerprint density at radius 3 is 1.67 bits per heavy atom. The number of rotatable bonds is 3. The smallest absolute Gasteiger partial charge is 0.109 e. The van der Waals surface area contributed by atoms with Crippen molar-refractivity contribution in [3.05, 3.63) is 186 Å². The van der Waals surface area contributed by atoms with Gasteiger partial charge in [0.15, 0.2) is 0 Å². The quantitative estimate of drug-likeness (QED) is 0.175. The van der Waals surface area contributed by atoms with Crippen LogP contribution in [0.4, 0.5) is 0 Å². The number of fused-ring (bicyclic) bond motifs is 13. The van der Waals surface area contributed by atoms with E-state index in [1.807, 2.05) is 25.5 Å². The van der Waals surface area contributed by atoms with Crippen LogP contribution in [0.5, 0.6) is 0 Å². The molecule has 0 aromatic heterocycles. The van der Waals surface area contributed by atoms with Gasteiger partial charge in [-0.3, -0.25) is 0 Å². The van der Waals surface area contributed by atoms with Crippen LogP contribution in [0.2, 0.25) is 0 Å². The molecule has 1 unspecified atom stereocenters. The van der Waals surface area contributed by atoms with Gasteiger partial charge < -0.3 is 4.57 Å². The molecule has 49 heavy (non-hydrogen) atoms. The zero-order chi connectivity index (χ0) is 32.9. The van der Waals surface area contributed by atoms with Gasteiger partial charge in [0.05, 0.1) is 5.41 Å². The average Bonchev–Trinajstić information content (AvgIpc) is 3.60. The van der Waals surface area contributed by atoms with Crippen LogP contribution >= 0.6 is 7.14 Å². The Balaban J connectivity index is 1.18. The van der Waals surface area contributed by atoms with Gasteiger partial charge in [0.1, 0.15) is 7.14 Å². The van der Waals surface area contributed by atoms with Gasteiger partial charge in [-0.15, -0.1) is 0 Å². The molecule has 2 aliphatic carbocycles. The maximum absolute atomic E-state index is 12.5. The Labute approximate surface area is 286 Å². The summed E-state index contributed by atoms with van der Waals surface area (Å²) in [5.41, 5.74) is 15.0. The van der Waals surface area contributed by atoms with Crippen molar-refractivity contribution in [1.29, 1.82) is 0 Å². The van der Waals surface area contributed by atoms with Crippen molar-refractivity contribution < 1.29 is 4.57 Å². The molecule has 8 aromatic carbocycles. The van der Waals surface area contributed by atoms with E-state index in [-0.39, 0.29) is 0 Å². The second-order valence-electron chi connectivity index (χ2n) is 14.0. The van der Waals surface area contributed by atoms with E-state index in [1.54, 1.807) is 0 Å². The van der Waals surface area contributed by atoms with E-state index in [2.05, 4.69) is 152 Å². The van der Waals surface area contributed by atoms with E-state index in [0.717, 1.165) is 16.4 Å². The largest absolute Gasteiger partial charge is 0.319 e. The zero-order valence-corrected chi connectivity index (χ0v) is 28.3. The Morgan fingerprint density at radius 2 is 0.939 bits per heavy atom. The predicted octanol–water partition coefficient (Wildman–Crippen LogP) is 11.9. The van der Waals surface area contributed by atoms with E-state index in [9.17, 15) is 4.57 Å². The van der Waals surface area contributed by atoms with Crippen LogP contribution in [0.15, 0.2) is 164 Å². The van der Waals surface area contributed by atoms with Crippen molar-refractivity contribution in [2.24, 2.45) is 0 Å². The van der Waals surface area contributed by atoms with Gasteiger partial charge >= 0.3 is 0 Å². The lowest BCUT2D eigenvalue weighted by Crippen LogP contribution is -2.25. The third-order valence-corrected chi connectivity index (χ3v) is 12.5. The van der Waals surface area contributed by atoms with Gasteiger partial charge in [-0.25, -0.2) is 0 Å². The van der Waals surface area contributed by atoms with E-state index in [0.29, 0.717) is 0 Å². The molecule has 2 heteroatoms. The van der Waals surface area contributed by atoms with Crippen molar-refractivity contribution in [3.63, 3.8) is 0 Å². The molecule has 10 rings (SSSR count). The molecule has 2 aliphatic rings. The summed E-state index contributed by atoms with van der Waals surface area (Å²) < 4.78 is 12.5. The molecule has 1 spiro atoms. The number of hydrogen-bond donors (Lipinski definition) is 0. The highest BCUT2D eigenvalue weighted by molar-refractivity contribution is 7.70. The summed E-state index contributed by atoms with van der Waals surface area (Å²) in [5, 5.41) is 6.03. The maximum Gasteiger partial charge on any atom is 0.109 e. The second kappa shape index (κ2) is 10.3. The minimum Gasteiger partial charge on any atom is -0.319 e. The SMILES string of the molecule is CP(C)(=O)c1ccc(-c2ccc(-c3ccc4c(c3)-c3cc5ccccc5cc3C43c4ccccc4-c4c3ccc3ccccc43)cc2)cc1. The average molecular weight is 645 g/mol. The molecule has 1 atom stereocenters. The van der Waals surface area contributed by atoms with Crippen LogP contribution in [-0.2, 0) is 9.98 Å². The van der Waals surface area contributed by atoms with Crippen LogP contribution in [0, 0.1) is 0 Å². The van der Waals surface area contributed by atoms with E-state index >= 15 is 0 Å². The summed E-state index contributed by atoms with van der Waals surface area (Å²) >= 11 is 0. The zero-order valence-electron chi connectivity index (χ0n) is 27.4. The number of hydrogen-bond acceptors (Lipinski definition) is 1. The van der Waals surface area contributed by atoms with Gasteiger partial charge in [-0.2, -0.15) is 0 Å². The van der Waals surface area contributed by atoms with Crippen LogP contribution in [0.3, 0.4) is 0 Å². The van der Waals surface area contributed by atoms with Crippen LogP contribution in [0.1, 0.15) is 22.3 Å². The molecule has 0 radical (unpaired) electrons. The molecule has 0 aliphatic heterocycles. The molecular formula is C47H33OP. The van der Waals surface area contributed by atoms with E-state index in [1.165, 1.54) is 77.2 Å². The van der Waals surface area contributed by atoms with Gasteiger partial charge in [-0.05, 0) is 120 Å². The summed E-state index contributed by atoms with van der Waals surface area (Å²) in [4.78, 5) is 0. The second-order valence-corrected chi connectivity index (χ2v) is 17.2. The van der Waals surface area contributed by atoms with Gasteiger partial charge in [0.25, 0.3) is 0 Å². The molecule has 0 fully saturated rings. The molecule has 232 valence electrons. The van der Waals surface area contributed by atoms with Gasteiger partial charge in [0.2, 0.25) is 0 Å². The van der Waals surface area contributed by atoms with Crippen molar-refractivity contribution in [2.45, 2.75) is 5.41 Å². The van der Waals surface area contributed by atoms with E-state index in [4.69, 9.17) is 0 Å². The van der Waals surface area contributed by atoms with Crippen molar-refractivity contribution >= 4 is 34.0 Å². The fourth-order valence-electron chi connectivity index (χ4n) is 8.69. The third kappa shape index (κ3) is 4.03. The van der Waals surface area contributed by atoms with Crippen LogP contribution < -0.4 is 5.30 Å². The number of benzene rings is 8. The Hall–Kier alpha value is -5.49. The Kier molecular flexibility index (Phi) is 5.97. The molecule has 8 aromatic rings.